The first-order valence-corrected chi connectivity index (χ1v) is 11.9. The molecule has 4 nitrogen and oxygen atoms in total. The molecule has 2 aromatic heterocycles. The predicted octanol–water partition coefficient (Wildman–Crippen LogP) is 7.79. The van der Waals surface area contributed by atoms with Crippen LogP contribution in [0.1, 0.15) is 10.5 Å². The van der Waals surface area contributed by atoms with Gasteiger partial charge < -0.3 is 5.11 Å². The quantitative estimate of drug-likeness (QED) is 0.195. The van der Waals surface area contributed by atoms with Crippen molar-refractivity contribution in [1.29, 1.82) is 0 Å². The monoisotopic (exact) mass is 670 g/mol. The molecule has 0 spiro atoms. The third kappa shape index (κ3) is 4.78. The molecular formula is C33H21IrN2O2-. The van der Waals surface area contributed by atoms with Gasteiger partial charge in [0.2, 0.25) is 0 Å². The number of aromatic carboxylic acids is 1. The zero-order chi connectivity index (χ0) is 25.2. The molecule has 38 heavy (non-hydrogen) atoms. The van der Waals surface area contributed by atoms with E-state index in [0.717, 1.165) is 16.8 Å². The molecule has 0 saturated carbocycles. The smallest absolute Gasteiger partial charge is 0.354 e. The Labute approximate surface area is 234 Å². The van der Waals surface area contributed by atoms with Gasteiger partial charge in [0.1, 0.15) is 5.69 Å². The molecule has 2 heterocycles. The number of carboxylic acids is 1. The van der Waals surface area contributed by atoms with Crippen LogP contribution in [0, 0.1) is 6.07 Å². The van der Waals surface area contributed by atoms with Gasteiger partial charge in [-0.15, -0.1) is 29.8 Å². The van der Waals surface area contributed by atoms with Gasteiger partial charge in [0, 0.05) is 31.7 Å². The van der Waals surface area contributed by atoms with E-state index in [1.165, 1.54) is 51.0 Å². The van der Waals surface area contributed by atoms with Crippen molar-refractivity contribution in [2.45, 2.75) is 0 Å². The minimum Gasteiger partial charge on any atom is -0.477 e. The van der Waals surface area contributed by atoms with E-state index in [1.807, 2.05) is 6.07 Å². The zero-order valence-electron chi connectivity index (χ0n) is 20.1. The number of carbonyl (C=O) groups is 1. The second kappa shape index (κ2) is 10.9. The summed E-state index contributed by atoms with van der Waals surface area (Å²) in [5.74, 6) is -0.990. The molecule has 1 aliphatic carbocycles. The van der Waals surface area contributed by atoms with Gasteiger partial charge in [0.05, 0.1) is 5.52 Å². The molecule has 0 amide bonds. The van der Waals surface area contributed by atoms with Crippen molar-refractivity contribution in [2.24, 2.45) is 0 Å². The molecule has 4 aromatic carbocycles. The van der Waals surface area contributed by atoms with Gasteiger partial charge in [-0.2, -0.15) is 0 Å². The number of aromatic nitrogens is 2. The molecule has 0 atom stereocenters. The van der Waals surface area contributed by atoms with Crippen LogP contribution in [0.3, 0.4) is 0 Å². The maximum Gasteiger partial charge on any atom is 0.354 e. The summed E-state index contributed by atoms with van der Waals surface area (Å²) < 4.78 is 0. The zero-order valence-corrected chi connectivity index (χ0v) is 22.5. The summed E-state index contributed by atoms with van der Waals surface area (Å²) in [5.41, 5.74) is 10.6. The van der Waals surface area contributed by atoms with E-state index in [-0.39, 0.29) is 25.8 Å². The Morgan fingerprint density at radius 2 is 1.39 bits per heavy atom. The summed E-state index contributed by atoms with van der Waals surface area (Å²) in [6.45, 7) is 0. The molecule has 0 bridgehead atoms. The van der Waals surface area contributed by atoms with Crippen LogP contribution in [0.25, 0.3) is 55.5 Å². The Kier molecular flexibility index (Phi) is 7.23. The van der Waals surface area contributed by atoms with Crippen LogP contribution < -0.4 is 0 Å². The SMILES string of the molecule is O=C(O)c1ccccn1.[Ir].[c-]1cc(-c2ccccc2)ccc1-c1cc2c3c(cccc3n1)-c1ccccc1-2. The number of pyridine rings is 2. The normalized spacial score (nSPS) is 10.6. The molecule has 1 aliphatic rings. The van der Waals surface area contributed by atoms with Crippen molar-refractivity contribution in [1.82, 2.24) is 9.97 Å². The molecule has 185 valence electrons. The second-order valence-electron chi connectivity index (χ2n) is 8.68. The van der Waals surface area contributed by atoms with Crippen LogP contribution in [0.5, 0.6) is 0 Å². The first-order valence-electron chi connectivity index (χ1n) is 11.9. The Bertz CT molecular complexity index is 1740. The third-order valence-electron chi connectivity index (χ3n) is 6.42. The number of carboxylic acid groups (broad SMARTS) is 1. The van der Waals surface area contributed by atoms with Crippen LogP contribution >= 0.6 is 0 Å². The molecule has 1 N–H and O–H groups in total. The fourth-order valence-corrected chi connectivity index (χ4v) is 4.70. The Morgan fingerprint density at radius 1 is 0.684 bits per heavy atom. The number of fused-ring (bicyclic) bond motifs is 3. The van der Waals surface area contributed by atoms with Gasteiger partial charge in [0.15, 0.2) is 0 Å². The van der Waals surface area contributed by atoms with E-state index in [2.05, 4.69) is 102 Å². The topological polar surface area (TPSA) is 63.1 Å². The fourth-order valence-electron chi connectivity index (χ4n) is 4.70. The van der Waals surface area contributed by atoms with Crippen molar-refractivity contribution >= 4 is 16.9 Å². The summed E-state index contributed by atoms with van der Waals surface area (Å²) in [6.07, 6.45) is 1.45. The molecule has 0 saturated heterocycles. The van der Waals surface area contributed by atoms with Crippen molar-refractivity contribution in [3.8, 4) is 44.6 Å². The molecular weight excluding hydrogens is 649 g/mol. The minimum atomic E-state index is -0.990. The molecule has 5 heteroatoms. The fraction of sp³-hybridized carbons (Fsp3) is 0. The van der Waals surface area contributed by atoms with Crippen molar-refractivity contribution in [3.05, 3.63) is 133 Å². The standard InChI is InChI=1S/C27H16N.C6H5NO2.Ir/c1-2-7-18(8-3-1)19-13-15-20(16-14-19)26-17-24-22-10-5-4-9-21(22)23-11-6-12-25(28-26)27(23)24;8-6(9)5-3-1-2-4-7-5;/h1-15,17H;1-4H,(H,8,9);/q-1;;. The molecule has 0 aliphatic heterocycles. The van der Waals surface area contributed by atoms with E-state index < -0.39 is 5.97 Å². The summed E-state index contributed by atoms with van der Waals surface area (Å²) in [4.78, 5) is 18.7. The summed E-state index contributed by atoms with van der Waals surface area (Å²) in [6, 6.07) is 42.2. The maximum absolute atomic E-state index is 10.1. The number of hydrogen-bond donors (Lipinski definition) is 1. The van der Waals surface area contributed by atoms with Crippen molar-refractivity contribution in [3.63, 3.8) is 0 Å². The van der Waals surface area contributed by atoms with Gasteiger partial charge in [-0.05, 0) is 46.1 Å². The first kappa shape index (κ1) is 25.2. The number of benzene rings is 4. The van der Waals surface area contributed by atoms with E-state index >= 15 is 0 Å². The molecule has 7 rings (SSSR count). The van der Waals surface area contributed by atoms with Crippen LogP contribution in [0.4, 0.5) is 0 Å². The third-order valence-corrected chi connectivity index (χ3v) is 6.42. The van der Waals surface area contributed by atoms with Crippen LogP contribution in [0.2, 0.25) is 0 Å². The number of rotatable bonds is 3. The van der Waals surface area contributed by atoms with E-state index in [4.69, 9.17) is 10.1 Å². The second-order valence-corrected chi connectivity index (χ2v) is 8.68. The van der Waals surface area contributed by atoms with Gasteiger partial charge in [-0.1, -0.05) is 90.0 Å². The van der Waals surface area contributed by atoms with Crippen LogP contribution in [0.15, 0.2) is 121 Å². The molecule has 0 fully saturated rings. The average Bonchev–Trinajstić information content (AvgIpc) is 3.29. The largest absolute Gasteiger partial charge is 0.477 e. The Balaban J connectivity index is 0.000000253. The summed E-state index contributed by atoms with van der Waals surface area (Å²) >= 11 is 0. The molecule has 0 unspecified atom stereocenters. The van der Waals surface area contributed by atoms with Crippen molar-refractivity contribution in [2.75, 3.05) is 0 Å². The molecule has 1 radical (unpaired) electrons. The first-order chi connectivity index (χ1) is 18.2. The minimum absolute atomic E-state index is 0. The number of hydrogen-bond acceptors (Lipinski definition) is 3. The number of nitrogens with zero attached hydrogens (tertiary/aromatic N) is 2. The Morgan fingerprint density at radius 3 is 2.05 bits per heavy atom. The summed E-state index contributed by atoms with van der Waals surface area (Å²) in [5, 5.41) is 9.58. The van der Waals surface area contributed by atoms with Gasteiger partial charge in [0.25, 0.3) is 0 Å². The maximum atomic E-state index is 10.1. The van der Waals surface area contributed by atoms with Crippen LogP contribution in [-0.2, 0) is 20.1 Å². The Hall–Kier alpha value is -4.44. The molecule has 6 aromatic rings. The summed E-state index contributed by atoms with van der Waals surface area (Å²) in [7, 11) is 0. The van der Waals surface area contributed by atoms with Crippen LogP contribution in [-0.4, -0.2) is 21.0 Å². The van der Waals surface area contributed by atoms with Crippen molar-refractivity contribution < 1.29 is 30.0 Å². The van der Waals surface area contributed by atoms with E-state index in [9.17, 15) is 4.79 Å². The van der Waals surface area contributed by atoms with Gasteiger partial charge >= 0.3 is 5.97 Å². The van der Waals surface area contributed by atoms with E-state index in [0.29, 0.717) is 0 Å². The van der Waals surface area contributed by atoms with Gasteiger partial charge in [-0.25, -0.2) is 9.78 Å². The predicted molar refractivity (Wildman–Crippen MR) is 147 cm³/mol. The average molecular weight is 670 g/mol. The van der Waals surface area contributed by atoms with E-state index in [1.54, 1.807) is 12.1 Å². The van der Waals surface area contributed by atoms with Gasteiger partial charge in [-0.3, -0.25) is 4.98 Å².